The highest BCUT2D eigenvalue weighted by Crippen LogP contribution is 2.35. The van der Waals surface area contributed by atoms with E-state index < -0.39 is 0 Å². The Hall–Kier alpha value is -1.33. The number of carbonyl (C=O) groups is 2. The summed E-state index contributed by atoms with van der Waals surface area (Å²) in [6.45, 7) is 2.05. The van der Waals surface area contributed by atoms with Gasteiger partial charge in [0.1, 0.15) is 4.60 Å². The fourth-order valence-corrected chi connectivity index (χ4v) is 2.77. The number of rotatable bonds is 6. The van der Waals surface area contributed by atoms with Crippen molar-refractivity contribution in [2.45, 2.75) is 26.2 Å². The van der Waals surface area contributed by atoms with E-state index in [1.54, 1.807) is 13.3 Å². The number of methoxy groups -OCH3 is 1. The molecular weight excluding hydrogens is 322 g/mol. The van der Waals surface area contributed by atoms with Crippen molar-refractivity contribution in [3.8, 4) is 0 Å². The number of ketones is 2. The van der Waals surface area contributed by atoms with Crippen molar-refractivity contribution in [2.75, 3.05) is 13.7 Å². The van der Waals surface area contributed by atoms with Gasteiger partial charge in [0.25, 0.3) is 0 Å². The number of hydrogen-bond donors (Lipinski definition) is 0. The molecule has 0 saturated carbocycles. The summed E-state index contributed by atoms with van der Waals surface area (Å²) in [5.41, 5.74) is 2.93. The molecule has 0 bridgehead atoms. The second-order valence-corrected chi connectivity index (χ2v) is 5.58. The van der Waals surface area contributed by atoms with Crippen LogP contribution in [0.3, 0.4) is 0 Å². The summed E-state index contributed by atoms with van der Waals surface area (Å²) in [6, 6.07) is 1.81. The predicted octanol–water partition coefficient (Wildman–Crippen LogP) is 2.74. The molecule has 0 amide bonds. The third-order valence-corrected chi connectivity index (χ3v) is 3.77. The van der Waals surface area contributed by atoms with Crippen LogP contribution < -0.4 is 0 Å². The van der Waals surface area contributed by atoms with Gasteiger partial charge in [-0.25, -0.2) is 4.98 Å². The summed E-state index contributed by atoms with van der Waals surface area (Å²) in [6.07, 6.45) is 3.29. The molecule has 0 fully saturated rings. The van der Waals surface area contributed by atoms with Gasteiger partial charge in [0.05, 0.1) is 0 Å². The van der Waals surface area contributed by atoms with E-state index >= 15 is 0 Å². The zero-order valence-electron chi connectivity index (χ0n) is 11.5. The summed E-state index contributed by atoms with van der Waals surface area (Å²) < 4.78 is 5.62. The van der Waals surface area contributed by atoms with E-state index in [-0.39, 0.29) is 11.6 Å². The fraction of sp³-hybridized carbons (Fsp3) is 0.400. The number of aromatic nitrogens is 1. The topological polar surface area (TPSA) is 56.3 Å². The maximum atomic E-state index is 12.3. The number of pyridine rings is 1. The Morgan fingerprint density at radius 3 is 2.85 bits per heavy atom. The van der Waals surface area contributed by atoms with Crippen LogP contribution in [0.2, 0.25) is 0 Å². The van der Waals surface area contributed by atoms with Gasteiger partial charge in [0.2, 0.25) is 0 Å². The van der Waals surface area contributed by atoms with Gasteiger partial charge >= 0.3 is 0 Å². The van der Waals surface area contributed by atoms with Crippen molar-refractivity contribution in [3.63, 3.8) is 0 Å². The fourth-order valence-electron chi connectivity index (χ4n) is 2.44. The lowest BCUT2D eigenvalue weighted by Gasteiger charge is -2.05. The lowest BCUT2D eigenvalue weighted by atomic mass is 9.99. The number of halogens is 1. The van der Waals surface area contributed by atoms with Crippen LogP contribution in [0.25, 0.3) is 5.57 Å². The average molecular weight is 338 g/mol. The van der Waals surface area contributed by atoms with Gasteiger partial charge < -0.3 is 4.74 Å². The lowest BCUT2D eigenvalue weighted by molar-refractivity contribution is -0.116. The van der Waals surface area contributed by atoms with Gasteiger partial charge in [0.15, 0.2) is 11.6 Å². The van der Waals surface area contributed by atoms with Crippen LogP contribution in [0.4, 0.5) is 0 Å². The zero-order valence-corrected chi connectivity index (χ0v) is 13.1. The standard InChI is InChI=1S/C15H16BrNO3/c1-9(18)15-11-7-14(16)17-8-10(11)6-12(15)13(19)4-3-5-20-2/h7-8H,3-6H2,1-2H3. The summed E-state index contributed by atoms with van der Waals surface area (Å²) >= 11 is 3.30. The Morgan fingerprint density at radius 2 is 2.20 bits per heavy atom. The molecule has 0 aliphatic heterocycles. The first kappa shape index (κ1) is 15.1. The van der Waals surface area contributed by atoms with Gasteiger partial charge in [-0.15, -0.1) is 0 Å². The number of Topliss-reactive ketones (excluding diaryl/α,β-unsaturated/α-hetero) is 2. The lowest BCUT2D eigenvalue weighted by Crippen LogP contribution is -2.08. The number of hydrogen-bond acceptors (Lipinski definition) is 4. The first-order valence-corrected chi connectivity index (χ1v) is 7.25. The van der Waals surface area contributed by atoms with Crippen LogP contribution in [-0.2, 0) is 20.7 Å². The number of allylic oxidation sites excluding steroid dienone is 2. The molecule has 0 spiro atoms. The molecule has 2 rings (SSSR count). The first-order chi connectivity index (χ1) is 9.54. The Morgan fingerprint density at radius 1 is 1.45 bits per heavy atom. The van der Waals surface area contributed by atoms with Crippen LogP contribution in [0.5, 0.6) is 0 Å². The van der Waals surface area contributed by atoms with E-state index in [1.165, 1.54) is 6.92 Å². The number of carbonyl (C=O) groups excluding carboxylic acids is 2. The van der Waals surface area contributed by atoms with Gasteiger partial charge in [0, 0.05) is 43.9 Å². The molecule has 1 aromatic heterocycles. The van der Waals surface area contributed by atoms with E-state index in [0.717, 1.165) is 11.1 Å². The van der Waals surface area contributed by atoms with Crippen LogP contribution in [-0.4, -0.2) is 30.3 Å². The highest BCUT2D eigenvalue weighted by Gasteiger charge is 2.28. The highest BCUT2D eigenvalue weighted by molar-refractivity contribution is 9.10. The molecule has 5 heteroatoms. The largest absolute Gasteiger partial charge is 0.385 e. The Balaban J connectivity index is 2.31. The van der Waals surface area contributed by atoms with Crippen molar-refractivity contribution < 1.29 is 14.3 Å². The molecule has 1 aliphatic carbocycles. The van der Waals surface area contributed by atoms with E-state index in [2.05, 4.69) is 20.9 Å². The quantitative estimate of drug-likeness (QED) is 0.591. The molecule has 0 unspecified atom stereocenters. The normalized spacial score (nSPS) is 13.6. The van der Waals surface area contributed by atoms with E-state index in [9.17, 15) is 9.59 Å². The SMILES string of the molecule is COCCCC(=O)C1=C(C(C)=O)c2cc(Br)ncc2C1. The third kappa shape index (κ3) is 3.04. The predicted molar refractivity (Wildman–Crippen MR) is 79.4 cm³/mol. The monoisotopic (exact) mass is 337 g/mol. The molecule has 0 saturated heterocycles. The number of ether oxygens (including phenoxy) is 1. The molecule has 1 aromatic rings. The van der Waals surface area contributed by atoms with Crippen LogP contribution in [0, 0.1) is 0 Å². The molecular formula is C15H16BrNO3. The van der Waals surface area contributed by atoms with Crippen molar-refractivity contribution in [3.05, 3.63) is 33.6 Å². The molecule has 4 nitrogen and oxygen atoms in total. The minimum Gasteiger partial charge on any atom is -0.385 e. The van der Waals surface area contributed by atoms with Crippen LogP contribution in [0.15, 0.2) is 22.4 Å². The smallest absolute Gasteiger partial charge is 0.160 e. The maximum absolute atomic E-state index is 12.3. The van der Waals surface area contributed by atoms with Crippen molar-refractivity contribution in [2.24, 2.45) is 0 Å². The van der Waals surface area contributed by atoms with E-state index in [1.807, 2.05) is 6.07 Å². The number of nitrogens with zero attached hydrogens (tertiary/aromatic N) is 1. The molecule has 0 aromatic carbocycles. The minimum atomic E-state index is -0.0723. The van der Waals surface area contributed by atoms with Crippen LogP contribution in [0.1, 0.15) is 30.9 Å². The van der Waals surface area contributed by atoms with Crippen molar-refractivity contribution in [1.29, 1.82) is 0 Å². The van der Waals surface area contributed by atoms with Crippen LogP contribution >= 0.6 is 15.9 Å². The molecule has 106 valence electrons. The van der Waals surface area contributed by atoms with Gasteiger partial charge in [-0.2, -0.15) is 0 Å². The summed E-state index contributed by atoms with van der Waals surface area (Å²) in [4.78, 5) is 28.3. The highest BCUT2D eigenvalue weighted by atomic mass is 79.9. The maximum Gasteiger partial charge on any atom is 0.160 e. The summed E-state index contributed by atoms with van der Waals surface area (Å²) in [5, 5.41) is 0. The zero-order chi connectivity index (χ0) is 14.7. The van der Waals surface area contributed by atoms with Gasteiger partial charge in [-0.3, -0.25) is 9.59 Å². The molecule has 0 atom stereocenters. The molecule has 1 aliphatic rings. The van der Waals surface area contributed by atoms with Gasteiger partial charge in [-0.05, 0) is 46.5 Å². The molecule has 0 N–H and O–H groups in total. The molecule has 1 heterocycles. The van der Waals surface area contributed by atoms with E-state index in [4.69, 9.17) is 4.74 Å². The average Bonchev–Trinajstić information content (AvgIpc) is 2.77. The van der Waals surface area contributed by atoms with E-state index in [0.29, 0.717) is 41.6 Å². The molecule has 20 heavy (non-hydrogen) atoms. The number of fused-ring (bicyclic) bond motifs is 1. The third-order valence-electron chi connectivity index (χ3n) is 3.33. The Bertz CT molecular complexity index is 593. The molecule has 0 radical (unpaired) electrons. The van der Waals surface area contributed by atoms with Gasteiger partial charge in [-0.1, -0.05) is 0 Å². The Kier molecular flexibility index (Phi) is 4.83. The second-order valence-electron chi connectivity index (χ2n) is 4.77. The summed E-state index contributed by atoms with van der Waals surface area (Å²) in [7, 11) is 1.61. The van der Waals surface area contributed by atoms with Crippen molar-refractivity contribution in [1.82, 2.24) is 4.98 Å². The minimum absolute atomic E-state index is 0.0274. The van der Waals surface area contributed by atoms with Crippen molar-refractivity contribution >= 4 is 33.1 Å². The second kappa shape index (κ2) is 6.41. The summed E-state index contributed by atoms with van der Waals surface area (Å²) in [5.74, 6) is -0.0449. The first-order valence-electron chi connectivity index (χ1n) is 6.45. The Labute approximate surface area is 126 Å².